The highest BCUT2D eigenvalue weighted by atomic mass is 16.1. The molecule has 4 rings (SSSR count). The van der Waals surface area contributed by atoms with E-state index in [9.17, 15) is 4.79 Å². The van der Waals surface area contributed by atoms with E-state index in [1.165, 1.54) is 0 Å². The number of carbonyl (C=O) groups excluding carboxylic acids is 1. The van der Waals surface area contributed by atoms with Gasteiger partial charge in [0.1, 0.15) is 0 Å². The molecule has 2 aromatic heterocycles. The fourth-order valence-electron chi connectivity index (χ4n) is 3.56. The minimum atomic E-state index is -0.0231. The number of likely N-dealkylation sites (tertiary alicyclic amines) is 1. The summed E-state index contributed by atoms with van der Waals surface area (Å²) < 4.78 is 0. The van der Waals surface area contributed by atoms with Crippen LogP contribution in [0, 0.1) is 0 Å². The van der Waals surface area contributed by atoms with Crippen LogP contribution in [-0.2, 0) is 6.54 Å². The van der Waals surface area contributed by atoms with Crippen LogP contribution in [0.3, 0.4) is 0 Å². The molecule has 3 heterocycles. The van der Waals surface area contributed by atoms with Crippen molar-refractivity contribution in [3.8, 4) is 11.1 Å². The Morgan fingerprint density at radius 1 is 1.22 bits per heavy atom. The van der Waals surface area contributed by atoms with Crippen molar-refractivity contribution in [3.05, 3.63) is 72.3 Å². The molecule has 138 valence electrons. The quantitative estimate of drug-likeness (QED) is 0.733. The number of rotatable bonds is 5. The molecular weight excluding hydrogens is 338 g/mol. The smallest absolute Gasteiger partial charge is 0.251 e. The van der Waals surface area contributed by atoms with Crippen molar-refractivity contribution in [2.45, 2.75) is 25.4 Å². The van der Waals surface area contributed by atoms with E-state index in [4.69, 9.17) is 0 Å². The van der Waals surface area contributed by atoms with E-state index in [2.05, 4.69) is 25.4 Å². The summed E-state index contributed by atoms with van der Waals surface area (Å²) >= 11 is 0. The first-order valence-electron chi connectivity index (χ1n) is 9.30. The van der Waals surface area contributed by atoms with E-state index in [-0.39, 0.29) is 11.9 Å². The molecule has 1 fully saturated rings. The van der Waals surface area contributed by atoms with Gasteiger partial charge in [0.2, 0.25) is 0 Å². The van der Waals surface area contributed by atoms with Crippen LogP contribution in [0.4, 0.5) is 0 Å². The van der Waals surface area contributed by atoms with Crippen LogP contribution in [0.5, 0.6) is 0 Å². The molecule has 6 heteroatoms. The molecule has 1 atom stereocenters. The molecular formula is C21H23N5O. The number of aromatic amines is 1. The van der Waals surface area contributed by atoms with Gasteiger partial charge in [-0.05, 0) is 49.2 Å². The molecule has 2 N–H and O–H groups in total. The van der Waals surface area contributed by atoms with Gasteiger partial charge < -0.3 is 5.32 Å². The number of nitrogens with zero attached hydrogens (tertiary/aromatic N) is 3. The zero-order valence-electron chi connectivity index (χ0n) is 15.1. The maximum Gasteiger partial charge on any atom is 0.251 e. The molecule has 0 spiro atoms. The zero-order valence-corrected chi connectivity index (χ0v) is 15.1. The second kappa shape index (κ2) is 8.14. The second-order valence-electron chi connectivity index (χ2n) is 6.94. The average Bonchev–Trinajstić information content (AvgIpc) is 3.24. The normalized spacial score (nSPS) is 17.6. The van der Waals surface area contributed by atoms with Crippen LogP contribution in [0.2, 0.25) is 0 Å². The van der Waals surface area contributed by atoms with Crippen molar-refractivity contribution in [1.82, 2.24) is 25.4 Å². The molecule has 1 aliphatic heterocycles. The Balaban J connectivity index is 1.38. The van der Waals surface area contributed by atoms with Crippen molar-refractivity contribution < 1.29 is 4.79 Å². The Kier molecular flexibility index (Phi) is 5.25. The van der Waals surface area contributed by atoms with Gasteiger partial charge in [0.25, 0.3) is 5.91 Å². The van der Waals surface area contributed by atoms with E-state index in [0.29, 0.717) is 5.56 Å². The Bertz CT molecular complexity index is 879. The predicted molar refractivity (Wildman–Crippen MR) is 104 cm³/mol. The van der Waals surface area contributed by atoms with E-state index in [1.54, 1.807) is 6.20 Å². The number of pyridine rings is 1. The third-order valence-electron chi connectivity index (χ3n) is 4.91. The highest BCUT2D eigenvalue weighted by molar-refractivity contribution is 5.95. The number of hydrogen-bond donors (Lipinski definition) is 2. The van der Waals surface area contributed by atoms with Crippen LogP contribution in [0.15, 0.2) is 61.1 Å². The Morgan fingerprint density at radius 2 is 2.19 bits per heavy atom. The minimum Gasteiger partial charge on any atom is -0.348 e. The van der Waals surface area contributed by atoms with E-state index < -0.39 is 0 Å². The number of nitrogens with one attached hydrogen (secondary N) is 2. The lowest BCUT2D eigenvalue weighted by atomic mass is 10.0. The molecule has 1 amide bonds. The van der Waals surface area contributed by atoms with Crippen LogP contribution >= 0.6 is 0 Å². The van der Waals surface area contributed by atoms with Crippen molar-refractivity contribution in [1.29, 1.82) is 0 Å². The molecule has 1 saturated heterocycles. The summed E-state index contributed by atoms with van der Waals surface area (Å²) in [6.07, 6.45) is 7.49. The van der Waals surface area contributed by atoms with Crippen molar-refractivity contribution in [2.75, 3.05) is 13.1 Å². The molecule has 6 nitrogen and oxygen atoms in total. The lowest BCUT2D eigenvalue weighted by Crippen LogP contribution is -2.47. The molecule has 0 aliphatic carbocycles. The number of piperidine rings is 1. The summed E-state index contributed by atoms with van der Waals surface area (Å²) in [6, 6.07) is 13.8. The molecule has 0 bridgehead atoms. The molecule has 1 aliphatic rings. The summed E-state index contributed by atoms with van der Waals surface area (Å²) in [4.78, 5) is 19.5. The standard InChI is InChI=1S/C21H23N5O/c27-21(17-6-3-5-16(11-17)18-12-23-24-13-18)25-20-8-4-10-26(15-20)14-19-7-1-2-9-22-19/h1-3,5-7,9,11-13,20H,4,8,10,14-15H2,(H,23,24)(H,25,27)/t20-/m0/s1. The van der Waals surface area contributed by atoms with Crippen LogP contribution < -0.4 is 5.32 Å². The zero-order chi connectivity index (χ0) is 18.5. The summed E-state index contributed by atoms with van der Waals surface area (Å²) in [6.45, 7) is 2.71. The van der Waals surface area contributed by atoms with E-state index in [0.717, 1.165) is 49.3 Å². The molecule has 0 saturated carbocycles. The minimum absolute atomic E-state index is 0.0231. The third kappa shape index (κ3) is 4.41. The summed E-state index contributed by atoms with van der Waals surface area (Å²) in [5.74, 6) is -0.0231. The molecule has 1 aromatic carbocycles. The van der Waals surface area contributed by atoms with Gasteiger partial charge in [0.05, 0.1) is 11.9 Å². The van der Waals surface area contributed by atoms with E-state index in [1.807, 2.05) is 54.9 Å². The maximum atomic E-state index is 12.7. The van der Waals surface area contributed by atoms with Gasteiger partial charge in [-0.2, -0.15) is 5.10 Å². The molecule has 27 heavy (non-hydrogen) atoms. The average molecular weight is 361 g/mol. The molecule has 3 aromatic rings. The van der Waals surface area contributed by atoms with Gasteiger partial charge >= 0.3 is 0 Å². The lowest BCUT2D eigenvalue weighted by Gasteiger charge is -2.32. The fourth-order valence-corrected chi connectivity index (χ4v) is 3.56. The van der Waals surface area contributed by atoms with Crippen molar-refractivity contribution >= 4 is 5.91 Å². The number of aromatic nitrogens is 3. The number of benzene rings is 1. The van der Waals surface area contributed by atoms with Crippen LogP contribution in [0.1, 0.15) is 28.9 Å². The Morgan fingerprint density at radius 3 is 3.00 bits per heavy atom. The van der Waals surface area contributed by atoms with E-state index >= 15 is 0 Å². The molecule has 0 unspecified atom stereocenters. The van der Waals surface area contributed by atoms with Gasteiger partial charge in [-0.15, -0.1) is 0 Å². The number of hydrogen-bond acceptors (Lipinski definition) is 4. The summed E-state index contributed by atoms with van der Waals surface area (Å²) in [5.41, 5.74) is 3.70. The van der Waals surface area contributed by atoms with Gasteiger partial charge in [0, 0.05) is 42.7 Å². The highest BCUT2D eigenvalue weighted by Crippen LogP contribution is 2.19. The second-order valence-corrected chi connectivity index (χ2v) is 6.94. The maximum absolute atomic E-state index is 12.7. The van der Waals surface area contributed by atoms with Gasteiger partial charge in [-0.1, -0.05) is 18.2 Å². The van der Waals surface area contributed by atoms with Crippen molar-refractivity contribution in [2.24, 2.45) is 0 Å². The topological polar surface area (TPSA) is 73.9 Å². The summed E-state index contributed by atoms with van der Waals surface area (Å²) in [7, 11) is 0. The lowest BCUT2D eigenvalue weighted by molar-refractivity contribution is 0.0900. The van der Waals surface area contributed by atoms with Gasteiger partial charge in [-0.3, -0.25) is 19.8 Å². The van der Waals surface area contributed by atoms with Crippen LogP contribution in [0.25, 0.3) is 11.1 Å². The van der Waals surface area contributed by atoms with Crippen molar-refractivity contribution in [3.63, 3.8) is 0 Å². The SMILES string of the molecule is O=C(N[C@H]1CCCN(Cc2ccccn2)C1)c1cccc(-c2cn[nH]c2)c1. The van der Waals surface area contributed by atoms with Crippen LogP contribution in [-0.4, -0.2) is 45.1 Å². The first kappa shape index (κ1) is 17.4. The first-order chi connectivity index (χ1) is 13.3. The Labute approximate surface area is 158 Å². The number of H-pyrrole nitrogens is 1. The van der Waals surface area contributed by atoms with Gasteiger partial charge in [0.15, 0.2) is 0 Å². The number of amides is 1. The molecule has 0 radical (unpaired) electrons. The predicted octanol–water partition coefficient (Wildman–Crippen LogP) is 2.87. The number of carbonyl (C=O) groups is 1. The fraction of sp³-hybridized carbons (Fsp3) is 0.286. The monoisotopic (exact) mass is 361 g/mol. The van der Waals surface area contributed by atoms with Gasteiger partial charge in [-0.25, -0.2) is 0 Å². The first-order valence-corrected chi connectivity index (χ1v) is 9.30. The highest BCUT2D eigenvalue weighted by Gasteiger charge is 2.22. The third-order valence-corrected chi connectivity index (χ3v) is 4.91. The Hall–Kier alpha value is -2.99. The largest absolute Gasteiger partial charge is 0.348 e. The summed E-state index contributed by atoms with van der Waals surface area (Å²) in [5, 5.41) is 9.98.